The van der Waals surface area contributed by atoms with E-state index in [0.29, 0.717) is 23.8 Å². The number of hydrogen-bond acceptors (Lipinski definition) is 4. The minimum atomic E-state index is -0.999. The van der Waals surface area contributed by atoms with Gasteiger partial charge in [0.2, 0.25) is 17.7 Å². The van der Waals surface area contributed by atoms with Crippen LogP contribution in [0.4, 0.5) is 0 Å². The number of primary amides is 1. The molecule has 1 aromatic heterocycles. The molecule has 3 atom stereocenters. The van der Waals surface area contributed by atoms with Crippen LogP contribution in [-0.2, 0) is 14.4 Å². The molecule has 0 bridgehead atoms. The normalized spacial score (nSPS) is 22.1. The Hall–Kier alpha value is -2.55. The smallest absolute Gasteiger partial charge is 0.268 e. The maximum atomic E-state index is 12.9. The van der Waals surface area contributed by atoms with E-state index in [1.165, 1.54) is 12.3 Å². The highest BCUT2D eigenvalue weighted by atomic mass is 35.5. The van der Waals surface area contributed by atoms with Gasteiger partial charge in [-0.2, -0.15) is 0 Å². The Kier molecular flexibility index (Phi) is 6.40. The van der Waals surface area contributed by atoms with Gasteiger partial charge in [0.25, 0.3) is 5.91 Å². The fraction of sp³-hybridized carbons (Fsp3) is 0.600. The van der Waals surface area contributed by atoms with Crippen molar-refractivity contribution in [1.29, 1.82) is 0 Å². The lowest BCUT2D eigenvalue weighted by Gasteiger charge is -2.23. The number of nitrogens with two attached hydrogens (primary N) is 1. The number of halogens is 1. The summed E-state index contributed by atoms with van der Waals surface area (Å²) in [7, 11) is 0. The predicted molar refractivity (Wildman–Crippen MR) is 110 cm³/mol. The molecule has 2 fully saturated rings. The summed E-state index contributed by atoms with van der Waals surface area (Å²) in [6.45, 7) is 3.80. The highest BCUT2D eigenvalue weighted by Crippen LogP contribution is 2.34. The van der Waals surface area contributed by atoms with Crippen LogP contribution >= 0.6 is 11.6 Å². The van der Waals surface area contributed by atoms with Crippen LogP contribution in [-0.4, -0.2) is 46.2 Å². The first-order valence-corrected chi connectivity index (χ1v) is 10.5. The standard InChI is InChI=1S/C20H28ClN5O4/c1-20(2)8-11(17(28)26-20)6-13(16(22)27)24-19(30)15(5-10-3-4-10)25-18(29)14-7-12(21)9-23-14/h7,9-11,13,15,23H,3-6,8H2,1-2H3,(H2,22,27)(H,24,30)(H,25,29)(H,26,28). The van der Waals surface area contributed by atoms with Crippen LogP contribution in [0, 0.1) is 11.8 Å². The summed E-state index contributed by atoms with van der Waals surface area (Å²) in [6, 6.07) is -0.348. The Morgan fingerprint density at radius 1 is 1.23 bits per heavy atom. The van der Waals surface area contributed by atoms with Gasteiger partial charge in [-0.1, -0.05) is 24.4 Å². The summed E-state index contributed by atoms with van der Waals surface area (Å²) in [4.78, 5) is 52.3. The number of aromatic amines is 1. The quantitative estimate of drug-likeness (QED) is 0.389. The summed E-state index contributed by atoms with van der Waals surface area (Å²) >= 11 is 5.84. The molecule has 10 heteroatoms. The van der Waals surface area contributed by atoms with Crippen LogP contribution in [0.25, 0.3) is 0 Å². The van der Waals surface area contributed by atoms with Gasteiger partial charge in [-0.25, -0.2) is 0 Å². The Morgan fingerprint density at radius 2 is 1.93 bits per heavy atom. The summed E-state index contributed by atoms with van der Waals surface area (Å²) < 4.78 is 0. The van der Waals surface area contributed by atoms with Gasteiger partial charge in [-0.3, -0.25) is 19.2 Å². The molecular weight excluding hydrogens is 410 g/mol. The summed E-state index contributed by atoms with van der Waals surface area (Å²) in [6.07, 6.45) is 4.58. The van der Waals surface area contributed by atoms with Gasteiger partial charge in [-0.05, 0) is 45.1 Å². The molecule has 6 N–H and O–H groups in total. The Labute approximate surface area is 179 Å². The Morgan fingerprint density at radius 3 is 2.43 bits per heavy atom. The van der Waals surface area contributed by atoms with Crippen molar-refractivity contribution >= 4 is 35.2 Å². The van der Waals surface area contributed by atoms with Crippen LogP contribution in [0.2, 0.25) is 5.02 Å². The molecule has 1 saturated carbocycles. The van der Waals surface area contributed by atoms with Crippen molar-refractivity contribution in [1.82, 2.24) is 20.9 Å². The first-order chi connectivity index (χ1) is 14.0. The number of nitrogens with one attached hydrogen (secondary N) is 4. The van der Waals surface area contributed by atoms with Gasteiger partial charge in [-0.15, -0.1) is 0 Å². The van der Waals surface area contributed by atoms with Gasteiger partial charge < -0.3 is 26.7 Å². The van der Waals surface area contributed by atoms with Gasteiger partial charge in [0.05, 0.1) is 5.02 Å². The summed E-state index contributed by atoms with van der Waals surface area (Å²) in [5, 5.41) is 8.60. The summed E-state index contributed by atoms with van der Waals surface area (Å²) in [5.74, 6) is -1.90. The molecule has 3 rings (SSSR count). The molecule has 1 aliphatic heterocycles. The molecule has 0 aromatic carbocycles. The zero-order valence-corrected chi connectivity index (χ0v) is 17.8. The molecule has 2 heterocycles. The van der Waals surface area contributed by atoms with Crippen LogP contribution < -0.4 is 21.7 Å². The number of hydrogen-bond donors (Lipinski definition) is 5. The monoisotopic (exact) mass is 437 g/mol. The van der Waals surface area contributed by atoms with Gasteiger partial charge in [0.15, 0.2) is 0 Å². The van der Waals surface area contributed by atoms with Crippen molar-refractivity contribution in [2.75, 3.05) is 0 Å². The molecule has 0 spiro atoms. The van der Waals surface area contributed by atoms with Crippen molar-refractivity contribution in [3.8, 4) is 0 Å². The SMILES string of the molecule is CC1(C)CC(CC(NC(=O)C(CC2CC2)NC(=O)c2cc(Cl)c[nH]2)C(N)=O)C(=O)N1. The second kappa shape index (κ2) is 8.67. The lowest BCUT2D eigenvalue weighted by molar-refractivity contribution is -0.130. The van der Waals surface area contributed by atoms with Gasteiger partial charge in [0.1, 0.15) is 17.8 Å². The molecule has 3 unspecified atom stereocenters. The molecule has 30 heavy (non-hydrogen) atoms. The number of rotatable bonds is 9. The van der Waals surface area contributed by atoms with Crippen molar-refractivity contribution in [2.45, 2.75) is 63.6 Å². The third-order valence-corrected chi connectivity index (χ3v) is 5.77. The minimum Gasteiger partial charge on any atom is -0.368 e. The van der Waals surface area contributed by atoms with E-state index in [0.717, 1.165) is 12.8 Å². The number of aromatic nitrogens is 1. The molecule has 2 aliphatic rings. The van der Waals surface area contributed by atoms with Gasteiger partial charge in [0, 0.05) is 17.7 Å². The number of H-pyrrole nitrogens is 1. The third kappa shape index (κ3) is 5.75. The van der Waals surface area contributed by atoms with Crippen LogP contribution in [0.3, 0.4) is 0 Å². The molecule has 164 valence electrons. The second-order valence-corrected chi connectivity index (χ2v) is 9.35. The maximum absolute atomic E-state index is 12.9. The highest BCUT2D eigenvalue weighted by Gasteiger charge is 2.40. The molecule has 1 saturated heterocycles. The lowest BCUT2D eigenvalue weighted by Crippen LogP contribution is -2.53. The van der Waals surface area contributed by atoms with E-state index in [-0.39, 0.29) is 23.6 Å². The Bertz CT molecular complexity index is 848. The van der Waals surface area contributed by atoms with Gasteiger partial charge >= 0.3 is 0 Å². The molecular formula is C20H28ClN5O4. The molecule has 0 radical (unpaired) electrons. The van der Waals surface area contributed by atoms with E-state index >= 15 is 0 Å². The largest absolute Gasteiger partial charge is 0.368 e. The minimum absolute atomic E-state index is 0.118. The fourth-order valence-electron chi connectivity index (χ4n) is 3.84. The molecule has 1 aliphatic carbocycles. The lowest BCUT2D eigenvalue weighted by atomic mass is 9.91. The number of amides is 4. The summed E-state index contributed by atoms with van der Waals surface area (Å²) in [5.41, 5.74) is 5.37. The third-order valence-electron chi connectivity index (χ3n) is 5.55. The first kappa shape index (κ1) is 22.1. The first-order valence-electron chi connectivity index (χ1n) is 10.1. The zero-order valence-electron chi connectivity index (χ0n) is 17.1. The predicted octanol–water partition coefficient (Wildman–Crippen LogP) is 0.842. The van der Waals surface area contributed by atoms with Crippen molar-refractivity contribution in [3.05, 3.63) is 23.0 Å². The molecule has 4 amide bonds. The van der Waals surface area contributed by atoms with Crippen molar-refractivity contribution in [2.24, 2.45) is 17.6 Å². The number of carbonyl (C=O) groups excluding carboxylic acids is 4. The maximum Gasteiger partial charge on any atom is 0.268 e. The van der Waals surface area contributed by atoms with Crippen molar-refractivity contribution in [3.63, 3.8) is 0 Å². The zero-order chi connectivity index (χ0) is 22.1. The van der Waals surface area contributed by atoms with E-state index in [4.69, 9.17) is 17.3 Å². The van der Waals surface area contributed by atoms with Crippen LogP contribution in [0.15, 0.2) is 12.3 Å². The molecule has 9 nitrogen and oxygen atoms in total. The van der Waals surface area contributed by atoms with E-state index in [1.54, 1.807) is 0 Å². The fourth-order valence-corrected chi connectivity index (χ4v) is 4.01. The van der Waals surface area contributed by atoms with E-state index in [9.17, 15) is 19.2 Å². The topological polar surface area (TPSA) is 146 Å². The van der Waals surface area contributed by atoms with E-state index < -0.39 is 35.7 Å². The van der Waals surface area contributed by atoms with Crippen LogP contribution in [0.5, 0.6) is 0 Å². The van der Waals surface area contributed by atoms with Crippen molar-refractivity contribution < 1.29 is 19.2 Å². The Balaban J connectivity index is 1.65. The average Bonchev–Trinajstić information content (AvgIpc) is 3.28. The highest BCUT2D eigenvalue weighted by molar-refractivity contribution is 6.31. The molecule has 1 aromatic rings. The average molecular weight is 438 g/mol. The van der Waals surface area contributed by atoms with E-state index in [2.05, 4.69) is 20.9 Å². The number of carbonyl (C=O) groups is 4. The van der Waals surface area contributed by atoms with E-state index in [1.807, 2.05) is 13.8 Å². The van der Waals surface area contributed by atoms with Crippen LogP contribution in [0.1, 0.15) is 56.4 Å². The second-order valence-electron chi connectivity index (χ2n) is 8.91.